The lowest BCUT2D eigenvalue weighted by atomic mass is 9.92. The molecule has 136 valence electrons. The second kappa shape index (κ2) is 8.17. The van der Waals surface area contributed by atoms with Crippen molar-refractivity contribution in [1.29, 1.82) is 0 Å². The average Bonchev–Trinajstić information content (AvgIpc) is 2.66. The first kappa shape index (κ1) is 18.2. The van der Waals surface area contributed by atoms with Gasteiger partial charge in [-0.3, -0.25) is 9.59 Å². The molecule has 2 atom stereocenters. The molecule has 1 fully saturated rings. The van der Waals surface area contributed by atoms with E-state index in [-0.39, 0.29) is 6.04 Å². The van der Waals surface area contributed by atoms with E-state index in [1.54, 1.807) is 4.90 Å². The molecule has 1 saturated heterocycles. The van der Waals surface area contributed by atoms with E-state index in [9.17, 15) is 9.59 Å². The summed E-state index contributed by atoms with van der Waals surface area (Å²) in [7, 11) is 0. The number of nitrogens with one attached hydrogen (secondary N) is 1. The van der Waals surface area contributed by atoms with E-state index in [1.165, 1.54) is 0 Å². The molecule has 0 aromatic heterocycles. The van der Waals surface area contributed by atoms with Gasteiger partial charge in [0.2, 0.25) is 0 Å². The van der Waals surface area contributed by atoms with Gasteiger partial charge in [0.05, 0.1) is 6.04 Å². The van der Waals surface area contributed by atoms with Crippen LogP contribution in [0.3, 0.4) is 0 Å². The minimum atomic E-state index is -0.538. The third kappa shape index (κ3) is 4.31. The van der Waals surface area contributed by atoms with Crippen molar-refractivity contribution < 1.29 is 9.59 Å². The molecule has 0 radical (unpaired) electrons. The first-order chi connectivity index (χ1) is 12.5. The smallest absolute Gasteiger partial charge is 0.311 e. The quantitative estimate of drug-likeness (QED) is 0.863. The molecule has 2 amide bonds. The molecule has 0 bridgehead atoms. The molecule has 4 nitrogen and oxygen atoms in total. The molecule has 3 rings (SSSR count). The van der Waals surface area contributed by atoms with Crippen molar-refractivity contribution in [2.75, 3.05) is 13.1 Å². The summed E-state index contributed by atoms with van der Waals surface area (Å²) in [6.07, 6.45) is 1.10. The second-order valence-corrected chi connectivity index (χ2v) is 7.38. The average molecular weight is 350 g/mol. The summed E-state index contributed by atoms with van der Waals surface area (Å²) in [5.41, 5.74) is 1.92. The maximum Gasteiger partial charge on any atom is 0.311 e. The molecule has 26 heavy (non-hydrogen) atoms. The minimum Gasteiger partial charge on any atom is -0.337 e. The van der Waals surface area contributed by atoms with Crippen molar-refractivity contribution in [3.05, 3.63) is 71.8 Å². The summed E-state index contributed by atoms with van der Waals surface area (Å²) in [6.45, 7) is 5.56. The van der Waals surface area contributed by atoms with Gasteiger partial charge in [-0.1, -0.05) is 74.5 Å². The van der Waals surface area contributed by atoms with Crippen molar-refractivity contribution in [1.82, 2.24) is 10.2 Å². The Labute approximate surface area is 155 Å². The van der Waals surface area contributed by atoms with Gasteiger partial charge < -0.3 is 10.2 Å². The first-order valence-electron chi connectivity index (χ1n) is 9.24. The lowest BCUT2D eigenvalue weighted by molar-refractivity contribution is -0.147. The number of carbonyl (C=O) groups excluding carboxylic acids is 2. The normalized spacial score (nSPS) is 20.0. The Hall–Kier alpha value is -2.62. The Balaban J connectivity index is 1.78. The van der Waals surface area contributed by atoms with E-state index < -0.39 is 11.8 Å². The highest BCUT2D eigenvalue weighted by Crippen LogP contribution is 2.23. The van der Waals surface area contributed by atoms with Crippen LogP contribution in [0.15, 0.2) is 60.7 Å². The van der Waals surface area contributed by atoms with Gasteiger partial charge in [-0.2, -0.15) is 0 Å². The fraction of sp³-hybridized carbons (Fsp3) is 0.364. The zero-order chi connectivity index (χ0) is 18.5. The van der Waals surface area contributed by atoms with E-state index in [1.807, 2.05) is 60.7 Å². The van der Waals surface area contributed by atoms with Gasteiger partial charge in [0, 0.05) is 13.1 Å². The van der Waals surface area contributed by atoms with Crippen LogP contribution in [0.1, 0.15) is 37.4 Å². The maximum absolute atomic E-state index is 12.7. The predicted octanol–water partition coefficient (Wildman–Crippen LogP) is 3.40. The molecule has 0 spiro atoms. The number of carbonyl (C=O) groups is 2. The fourth-order valence-electron chi connectivity index (χ4n) is 3.82. The Morgan fingerprint density at radius 2 is 1.35 bits per heavy atom. The number of hydrogen-bond donors (Lipinski definition) is 1. The van der Waals surface area contributed by atoms with Crippen LogP contribution in [0.2, 0.25) is 0 Å². The molecule has 4 heteroatoms. The molecule has 2 unspecified atom stereocenters. The largest absolute Gasteiger partial charge is 0.337 e. The SMILES string of the molecule is CC1CC(C)CN(C(=O)C(=O)NC(c2ccccc2)c2ccccc2)C1. The van der Waals surface area contributed by atoms with Gasteiger partial charge in [-0.25, -0.2) is 0 Å². The third-order valence-electron chi connectivity index (χ3n) is 4.89. The van der Waals surface area contributed by atoms with Crippen molar-refractivity contribution >= 4 is 11.8 Å². The van der Waals surface area contributed by atoms with Crippen molar-refractivity contribution in [2.24, 2.45) is 11.8 Å². The molecule has 0 aliphatic carbocycles. The highest BCUT2D eigenvalue weighted by Gasteiger charge is 2.30. The third-order valence-corrected chi connectivity index (χ3v) is 4.89. The van der Waals surface area contributed by atoms with E-state index in [4.69, 9.17) is 0 Å². The summed E-state index contributed by atoms with van der Waals surface area (Å²) in [5, 5.41) is 2.95. The van der Waals surface area contributed by atoms with Crippen molar-refractivity contribution in [2.45, 2.75) is 26.3 Å². The Kier molecular flexibility index (Phi) is 5.71. The lowest BCUT2D eigenvalue weighted by Crippen LogP contribution is -2.49. The highest BCUT2D eigenvalue weighted by atomic mass is 16.2. The van der Waals surface area contributed by atoms with Gasteiger partial charge in [-0.15, -0.1) is 0 Å². The topological polar surface area (TPSA) is 49.4 Å². The molecule has 1 heterocycles. The lowest BCUT2D eigenvalue weighted by Gasteiger charge is -2.34. The zero-order valence-corrected chi connectivity index (χ0v) is 15.4. The molecular weight excluding hydrogens is 324 g/mol. The molecule has 1 N–H and O–H groups in total. The summed E-state index contributed by atoms with van der Waals surface area (Å²) in [6, 6.07) is 19.2. The van der Waals surface area contributed by atoms with Crippen LogP contribution in [0, 0.1) is 11.8 Å². The van der Waals surface area contributed by atoms with Gasteiger partial charge in [0.1, 0.15) is 0 Å². The van der Waals surface area contributed by atoms with Crippen LogP contribution in [0.4, 0.5) is 0 Å². The number of piperidine rings is 1. The number of benzene rings is 2. The van der Waals surface area contributed by atoms with E-state index >= 15 is 0 Å². The Bertz CT molecular complexity index is 696. The predicted molar refractivity (Wildman–Crippen MR) is 102 cm³/mol. The zero-order valence-electron chi connectivity index (χ0n) is 15.4. The van der Waals surface area contributed by atoms with Crippen molar-refractivity contribution in [3.63, 3.8) is 0 Å². The van der Waals surface area contributed by atoms with Crippen LogP contribution >= 0.6 is 0 Å². The van der Waals surface area contributed by atoms with Crippen LogP contribution in [-0.4, -0.2) is 29.8 Å². The highest BCUT2D eigenvalue weighted by molar-refractivity contribution is 6.35. The second-order valence-electron chi connectivity index (χ2n) is 7.38. The summed E-state index contributed by atoms with van der Waals surface area (Å²) in [4.78, 5) is 27.1. The molecule has 0 saturated carbocycles. The van der Waals surface area contributed by atoms with Crippen LogP contribution < -0.4 is 5.32 Å². The van der Waals surface area contributed by atoms with Crippen LogP contribution in [0.5, 0.6) is 0 Å². The number of likely N-dealkylation sites (tertiary alicyclic amines) is 1. The Morgan fingerprint density at radius 3 is 1.81 bits per heavy atom. The molecule has 1 aliphatic rings. The molecule has 1 aliphatic heterocycles. The monoisotopic (exact) mass is 350 g/mol. The van der Waals surface area contributed by atoms with Crippen LogP contribution in [0.25, 0.3) is 0 Å². The summed E-state index contributed by atoms with van der Waals surface area (Å²) >= 11 is 0. The summed E-state index contributed by atoms with van der Waals surface area (Å²) in [5.74, 6) is -0.117. The van der Waals surface area contributed by atoms with Gasteiger partial charge in [-0.05, 0) is 29.4 Å². The van der Waals surface area contributed by atoms with Crippen molar-refractivity contribution in [3.8, 4) is 0 Å². The van der Waals surface area contributed by atoms with Gasteiger partial charge in [0.25, 0.3) is 0 Å². The standard InChI is InChI=1S/C22H26N2O2/c1-16-13-17(2)15-24(14-16)22(26)21(25)23-20(18-9-5-3-6-10-18)19-11-7-4-8-12-19/h3-12,16-17,20H,13-15H2,1-2H3,(H,23,25). The number of amides is 2. The molecule has 2 aromatic rings. The maximum atomic E-state index is 12.7. The van der Waals surface area contributed by atoms with Crippen LogP contribution in [-0.2, 0) is 9.59 Å². The Morgan fingerprint density at radius 1 is 0.885 bits per heavy atom. The summed E-state index contributed by atoms with van der Waals surface area (Å²) < 4.78 is 0. The van der Waals surface area contributed by atoms with Gasteiger partial charge >= 0.3 is 11.8 Å². The van der Waals surface area contributed by atoms with Gasteiger partial charge in [0.15, 0.2) is 0 Å². The minimum absolute atomic E-state index is 0.339. The fourth-order valence-corrected chi connectivity index (χ4v) is 3.82. The number of hydrogen-bond acceptors (Lipinski definition) is 2. The number of rotatable bonds is 3. The molecule has 2 aromatic carbocycles. The first-order valence-corrected chi connectivity index (χ1v) is 9.24. The van der Waals surface area contributed by atoms with E-state index in [2.05, 4.69) is 19.2 Å². The van der Waals surface area contributed by atoms with E-state index in [0.717, 1.165) is 17.5 Å². The molecular formula is C22H26N2O2. The number of nitrogens with zero attached hydrogens (tertiary/aromatic N) is 1. The van der Waals surface area contributed by atoms with E-state index in [0.29, 0.717) is 24.9 Å².